The molecule has 0 saturated heterocycles. The van der Waals surface area contributed by atoms with Crippen LogP contribution < -0.4 is 0 Å². The number of hydrogen-bond acceptors (Lipinski definition) is 4. The van der Waals surface area contributed by atoms with Crippen molar-refractivity contribution in [2.24, 2.45) is 5.92 Å². The van der Waals surface area contributed by atoms with Gasteiger partial charge in [0.05, 0.1) is 6.08 Å². The fourth-order valence-corrected chi connectivity index (χ4v) is 1.12. The van der Waals surface area contributed by atoms with Crippen molar-refractivity contribution in [1.82, 2.24) is 0 Å². The van der Waals surface area contributed by atoms with Crippen LogP contribution in [-0.4, -0.2) is 15.5 Å². The number of rotatable bonds is 2. The molecule has 6 heteroatoms. The van der Waals surface area contributed by atoms with Crippen LogP contribution in [0.5, 0.6) is 0 Å². The van der Waals surface area contributed by atoms with Gasteiger partial charge in [0.25, 0.3) is 0 Å². The van der Waals surface area contributed by atoms with Gasteiger partial charge in [-0.15, -0.1) is 0 Å². The van der Waals surface area contributed by atoms with Crippen molar-refractivity contribution in [1.29, 1.82) is 0 Å². The Morgan fingerprint density at radius 1 is 1.23 bits per heavy atom. The van der Waals surface area contributed by atoms with Crippen molar-refractivity contribution in [3.05, 3.63) is 51.5 Å². The molecule has 0 saturated carbocycles. The second kappa shape index (κ2) is 2.96. The van der Waals surface area contributed by atoms with Crippen molar-refractivity contribution in [2.75, 3.05) is 0 Å². The van der Waals surface area contributed by atoms with E-state index < -0.39 is 21.4 Å². The third kappa shape index (κ3) is 1.20. The van der Waals surface area contributed by atoms with E-state index in [2.05, 4.69) is 6.92 Å². The molecule has 1 unspecified atom stereocenters. The molecule has 0 fully saturated rings. The summed E-state index contributed by atoms with van der Waals surface area (Å²) in [5, 5.41) is 21.1. The largest absolute Gasteiger partial charge is 0.484 e. The first-order valence-electron chi connectivity index (χ1n) is 3.50. The van der Waals surface area contributed by atoms with Crippen molar-refractivity contribution < 1.29 is 9.85 Å². The van der Waals surface area contributed by atoms with Crippen molar-refractivity contribution in [2.45, 2.75) is 5.66 Å². The quantitative estimate of drug-likeness (QED) is 0.360. The number of hydrogen-bond donors (Lipinski definition) is 0. The Labute approximate surface area is 73.8 Å². The van der Waals surface area contributed by atoms with Crippen molar-refractivity contribution in [3.8, 4) is 0 Å². The molecule has 1 aliphatic carbocycles. The molecule has 0 heterocycles. The van der Waals surface area contributed by atoms with Gasteiger partial charge in [-0.1, -0.05) is 18.2 Å². The van der Waals surface area contributed by atoms with Crippen LogP contribution in [0, 0.1) is 33.1 Å². The summed E-state index contributed by atoms with van der Waals surface area (Å²) in [6.07, 6.45) is 5.08. The fourth-order valence-electron chi connectivity index (χ4n) is 1.12. The summed E-state index contributed by atoms with van der Waals surface area (Å²) in [4.78, 5) is 19.3. The molecule has 0 aliphatic heterocycles. The van der Waals surface area contributed by atoms with Crippen LogP contribution in [0.1, 0.15) is 0 Å². The molecule has 1 radical (unpaired) electrons. The molecule has 0 aromatic heterocycles. The second-order valence-corrected chi connectivity index (χ2v) is 2.65. The van der Waals surface area contributed by atoms with Crippen molar-refractivity contribution >= 4 is 0 Å². The smallest absolute Gasteiger partial charge is 0.258 e. The van der Waals surface area contributed by atoms with E-state index in [1.807, 2.05) is 0 Å². The summed E-state index contributed by atoms with van der Waals surface area (Å²) >= 11 is 0. The first-order chi connectivity index (χ1) is 6.01. The average molecular weight is 183 g/mol. The highest BCUT2D eigenvalue weighted by Gasteiger charge is 2.58. The Balaban J connectivity index is 3.19. The molecular formula is C7H7N2O4. The summed E-state index contributed by atoms with van der Waals surface area (Å²) < 4.78 is 0. The molecular weight excluding hydrogens is 176 g/mol. The molecule has 1 rings (SSSR count). The lowest BCUT2D eigenvalue weighted by Gasteiger charge is -2.19. The Hall–Kier alpha value is -1.72. The molecule has 0 spiro atoms. The highest BCUT2D eigenvalue weighted by molar-refractivity contribution is 5.19. The SMILES string of the molecule is [CH2]C1C=CC=CC1([N+](=O)[O-])[N+](=O)[O-]. The third-order valence-electron chi connectivity index (χ3n) is 1.93. The van der Waals surface area contributed by atoms with Crippen LogP contribution >= 0.6 is 0 Å². The zero-order valence-corrected chi connectivity index (χ0v) is 6.62. The Morgan fingerprint density at radius 3 is 2.08 bits per heavy atom. The number of nitrogens with zero attached hydrogens (tertiary/aromatic N) is 2. The Morgan fingerprint density at radius 2 is 1.77 bits per heavy atom. The Kier molecular flexibility index (Phi) is 2.14. The van der Waals surface area contributed by atoms with Gasteiger partial charge in [0.2, 0.25) is 0 Å². The van der Waals surface area contributed by atoms with Gasteiger partial charge < -0.3 is 0 Å². The van der Waals surface area contributed by atoms with Gasteiger partial charge in [-0.05, 0) is 6.92 Å². The minimum Gasteiger partial charge on any atom is -0.258 e. The number of nitro groups is 2. The van der Waals surface area contributed by atoms with Gasteiger partial charge in [0.15, 0.2) is 0 Å². The van der Waals surface area contributed by atoms with Gasteiger partial charge in [-0.25, -0.2) is 0 Å². The topological polar surface area (TPSA) is 86.3 Å². The van der Waals surface area contributed by atoms with E-state index in [0.717, 1.165) is 6.08 Å². The van der Waals surface area contributed by atoms with Gasteiger partial charge in [0.1, 0.15) is 15.8 Å². The number of allylic oxidation sites excluding steroid dienone is 2. The van der Waals surface area contributed by atoms with Gasteiger partial charge in [-0.2, -0.15) is 0 Å². The molecule has 0 N–H and O–H groups in total. The van der Waals surface area contributed by atoms with Gasteiger partial charge >= 0.3 is 5.66 Å². The molecule has 1 atom stereocenters. The summed E-state index contributed by atoms with van der Waals surface area (Å²) in [5.41, 5.74) is -2.30. The van der Waals surface area contributed by atoms with E-state index in [9.17, 15) is 20.2 Å². The molecule has 1 aliphatic rings. The standard InChI is InChI=1S/C7H7N2O4/c1-6-4-2-3-5-7(6,8(10)11)9(12)13/h2-6H,1H2. The Bertz CT molecular complexity index is 294. The maximum Gasteiger partial charge on any atom is 0.484 e. The van der Waals surface area contributed by atoms with E-state index in [-0.39, 0.29) is 0 Å². The van der Waals surface area contributed by atoms with E-state index in [0.29, 0.717) is 0 Å². The normalized spacial score (nSPS) is 24.2. The van der Waals surface area contributed by atoms with Gasteiger partial charge in [0, 0.05) is 0 Å². The lowest BCUT2D eigenvalue weighted by Crippen LogP contribution is -2.50. The second-order valence-electron chi connectivity index (χ2n) is 2.65. The van der Waals surface area contributed by atoms with Crippen LogP contribution in [0.15, 0.2) is 24.3 Å². The van der Waals surface area contributed by atoms with Crippen LogP contribution in [0.4, 0.5) is 0 Å². The molecule has 0 aromatic rings. The molecule has 69 valence electrons. The molecule has 0 amide bonds. The summed E-state index contributed by atoms with van der Waals surface area (Å²) in [6, 6.07) is 0. The van der Waals surface area contributed by atoms with Gasteiger partial charge in [-0.3, -0.25) is 20.2 Å². The summed E-state index contributed by atoms with van der Waals surface area (Å²) in [6.45, 7) is 3.37. The van der Waals surface area contributed by atoms with E-state index in [4.69, 9.17) is 0 Å². The van der Waals surface area contributed by atoms with Crippen LogP contribution in [0.2, 0.25) is 0 Å². The predicted molar refractivity (Wildman–Crippen MR) is 43.8 cm³/mol. The maximum atomic E-state index is 10.6. The van der Waals surface area contributed by atoms with Crippen LogP contribution in [0.25, 0.3) is 0 Å². The molecule has 13 heavy (non-hydrogen) atoms. The van der Waals surface area contributed by atoms with E-state index in [1.165, 1.54) is 18.2 Å². The third-order valence-corrected chi connectivity index (χ3v) is 1.93. The fraction of sp³-hybridized carbons (Fsp3) is 0.286. The maximum absolute atomic E-state index is 10.6. The highest BCUT2D eigenvalue weighted by Crippen LogP contribution is 2.27. The lowest BCUT2D eigenvalue weighted by atomic mass is 9.91. The van der Waals surface area contributed by atoms with Crippen LogP contribution in [0.3, 0.4) is 0 Å². The summed E-state index contributed by atoms with van der Waals surface area (Å²) in [5.74, 6) is -0.984. The van der Waals surface area contributed by atoms with E-state index >= 15 is 0 Å². The summed E-state index contributed by atoms with van der Waals surface area (Å²) in [7, 11) is 0. The molecule has 6 nitrogen and oxygen atoms in total. The molecule has 0 aromatic carbocycles. The zero-order valence-electron chi connectivity index (χ0n) is 6.62. The lowest BCUT2D eigenvalue weighted by molar-refractivity contribution is -0.786. The highest BCUT2D eigenvalue weighted by atomic mass is 16.7. The minimum atomic E-state index is -2.30. The van der Waals surface area contributed by atoms with Crippen molar-refractivity contribution in [3.63, 3.8) is 0 Å². The zero-order chi connectivity index (χ0) is 10.1. The monoisotopic (exact) mass is 183 g/mol. The molecule has 0 bridgehead atoms. The van der Waals surface area contributed by atoms with Crippen LogP contribution in [-0.2, 0) is 0 Å². The first-order valence-corrected chi connectivity index (χ1v) is 3.50. The first kappa shape index (κ1) is 9.37. The average Bonchev–Trinajstić information content (AvgIpc) is 2.04. The van der Waals surface area contributed by atoms with E-state index in [1.54, 1.807) is 0 Å². The minimum absolute atomic E-state index is 0.926. The predicted octanol–water partition coefficient (Wildman–Crippen LogP) is 0.812.